The minimum Gasteiger partial charge on any atom is -0.493 e. The van der Waals surface area contributed by atoms with Crippen LogP contribution in [0.3, 0.4) is 0 Å². The summed E-state index contributed by atoms with van der Waals surface area (Å²) in [5.74, 6) is 1.23. The predicted molar refractivity (Wildman–Crippen MR) is 101 cm³/mol. The molecule has 0 fully saturated rings. The van der Waals surface area contributed by atoms with Crippen molar-refractivity contribution in [2.24, 2.45) is 0 Å². The van der Waals surface area contributed by atoms with Crippen LogP contribution < -0.4 is 14.8 Å². The fourth-order valence-corrected chi connectivity index (χ4v) is 2.27. The Morgan fingerprint density at radius 2 is 1.84 bits per heavy atom. The van der Waals surface area contributed by atoms with Gasteiger partial charge in [0.05, 0.1) is 13.2 Å². The molecule has 1 amide bonds. The van der Waals surface area contributed by atoms with E-state index in [1.165, 1.54) is 11.6 Å². The minimum absolute atomic E-state index is 0.0753. The van der Waals surface area contributed by atoms with Crippen molar-refractivity contribution in [2.45, 2.75) is 33.4 Å². The second kappa shape index (κ2) is 8.92. The van der Waals surface area contributed by atoms with Gasteiger partial charge in [-0.2, -0.15) is 0 Å². The van der Waals surface area contributed by atoms with Crippen molar-refractivity contribution >= 4 is 12.0 Å². The number of aryl methyl sites for hydroxylation is 1. The van der Waals surface area contributed by atoms with Gasteiger partial charge in [0.1, 0.15) is 0 Å². The highest BCUT2D eigenvalue weighted by molar-refractivity contribution is 5.91. The van der Waals surface area contributed by atoms with E-state index >= 15 is 0 Å². The van der Waals surface area contributed by atoms with Crippen molar-refractivity contribution in [1.82, 2.24) is 5.32 Å². The molecule has 0 saturated heterocycles. The van der Waals surface area contributed by atoms with E-state index in [-0.39, 0.29) is 12.0 Å². The van der Waals surface area contributed by atoms with E-state index in [1.807, 2.05) is 63.2 Å². The number of amides is 1. The molecule has 4 nitrogen and oxygen atoms in total. The number of carbonyl (C=O) groups is 1. The number of nitrogens with one attached hydrogen (secondary N) is 1. The van der Waals surface area contributed by atoms with E-state index in [1.54, 1.807) is 13.2 Å². The summed E-state index contributed by atoms with van der Waals surface area (Å²) in [5, 5.41) is 2.87. The highest BCUT2D eigenvalue weighted by atomic mass is 16.5. The Bertz CT molecular complexity index is 733. The maximum absolute atomic E-state index is 12.0. The van der Waals surface area contributed by atoms with E-state index in [4.69, 9.17) is 9.47 Å². The van der Waals surface area contributed by atoms with Gasteiger partial charge in [0, 0.05) is 12.6 Å². The lowest BCUT2D eigenvalue weighted by Gasteiger charge is -2.14. The smallest absolute Gasteiger partial charge is 0.244 e. The summed E-state index contributed by atoms with van der Waals surface area (Å²) >= 11 is 0. The van der Waals surface area contributed by atoms with Crippen molar-refractivity contribution in [3.05, 3.63) is 65.2 Å². The molecule has 4 heteroatoms. The van der Waals surface area contributed by atoms with E-state index in [2.05, 4.69) is 5.32 Å². The SMILES string of the molecule is COc1cc(CNC(=O)/C=C/c2ccc(C)cc2)ccc1OC(C)C. The van der Waals surface area contributed by atoms with Crippen LogP contribution in [0.5, 0.6) is 11.5 Å². The quantitative estimate of drug-likeness (QED) is 0.772. The first-order valence-electron chi connectivity index (χ1n) is 8.34. The van der Waals surface area contributed by atoms with Crippen molar-refractivity contribution in [3.8, 4) is 11.5 Å². The fourth-order valence-electron chi connectivity index (χ4n) is 2.27. The Morgan fingerprint density at radius 3 is 2.48 bits per heavy atom. The Kier molecular flexibility index (Phi) is 6.63. The zero-order valence-corrected chi connectivity index (χ0v) is 15.2. The van der Waals surface area contributed by atoms with E-state index in [0.717, 1.165) is 11.1 Å². The first kappa shape index (κ1) is 18.6. The van der Waals surface area contributed by atoms with Crippen LogP contribution in [0, 0.1) is 6.92 Å². The Hall–Kier alpha value is -2.75. The van der Waals surface area contributed by atoms with Crippen molar-refractivity contribution < 1.29 is 14.3 Å². The highest BCUT2D eigenvalue weighted by Gasteiger charge is 2.08. The van der Waals surface area contributed by atoms with Gasteiger partial charge in [0.2, 0.25) is 5.91 Å². The molecule has 0 aromatic heterocycles. The minimum atomic E-state index is -0.137. The third kappa shape index (κ3) is 5.99. The van der Waals surface area contributed by atoms with E-state index in [0.29, 0.717) is 18.0 Å². The molecule has 2 aromatic rings. The molecule has 132 valence electrons. The topological polar surface area (TPSA) is 47.6 Å². The van der Waals surface area contributed by atoms with Crippen LogP contribution in [0.4, 0.5) is 0 Å². The number of hydrogen-bond acceptors (Lipinski definition) is 3. The largest absolute Gasteiger partial charge is 0.493 e. The van der Waals surface area contributed by atoms with Gasteiger partial charge in [-0.05, 0) is 50.1 Å². The van der Waals surface area contributed by atoms with Crippen LogP contribution in [0.2, 0.25) is 0 Å². The molecule has 0 unspecified atom stereocenters. The molecule has 0 spiro atoms. The molecule has 2 rings (SSSR count). The number of methoxy groups -OCH3 is 1. The molecule has 1 N–H and O–H groups in total. The van der Waals surface area contributed by atoms with E-state index in [9.17, 15) is 4.79 Å². The lowest BCUT2D eigenvalue weighted by molar-refractivity contribution is -0.116. The first-order valence-corrected chi connectivity index (χ1v) is 8.34. The van der Waals surface area contributed by atoms with Gasteiger partial charge < -0.3 is 14.8 Å². The standard InChI is InChI=1S/C21H25NO3/c1-15(2)25-19-11-9-18(13-20(19)24-4)14-22-21(23)12-10-17-7-5-16(3)6-8-17/h5-13,15H,14H2,1-4H3,(H,22,23)/b12-10+. The molecule has 0 heterocycles. The van der Waals surface area contributed by atoms with Gasteiger partial charge in [-0.25, -0.2) is 0 Å². The summed E-state index contributed by atoms with van der Waals surface area (Å²) in [6.45, 7) is 6.39. The van der Waals surface area contributed by atoms with Crippen molar-refractivity contribution in [3.63, 3.8) is 0 Å². The number of hydrogen-bond donors (Lipinski definition) is 1. The number of benzene rings is 2. The number of rotatable bonds is 7. The van der Waals surface area contributed by atoms with Crippen LogP contribution >= 0.6 is 0 Å². The van der Waals surface area contributed by atoms with Crippen LogP contribution in [-0.2, 0) is 11.3 Å². The lowest BCUT2D eigenvalue weighted by Crippen LogP contribution is -2.20. The van der Waals surface area contributed by atoms with Gasteiger partial charge in [-0.15, -0.1) is 0 Å². The first-order chi connectivity index (χ1) is 12.0. The van der Waals surface area contributed by atoms with Crippen molar-refractivity contribution in [2.75, 3.05) is 7.11 Å². The van der Waals surface area contributed by atoms with Gasteiger partial charge in [-0.1, -0.05) is 35.9 Å². The second-order valence-electron chi connectivity index (χ2n) is 6.11. The molecule has 0 aliphatic carbocycles. The predicted octanol–water partition coefficient (Wildman–Crippen LogP) is 4.12. The van der Waals surface area contributed by atoms with Crippen LogP contribution in [0.25, 0.3) is 6.08 Å². The van der Waals surface area contributed by atoms with Gasteiger partial charge in [-0.3, -0.25) is 4.79 Å². The molecule has 0 aliphatic rings. The molecule has 0 saturated carbocycles. The highest BCUT2D eigenvalue weighted by Crippen LogP contribution is 2.28. The zero-order chi connectivity index (χ0) is 18.2. The average molecular weight is 339 g/mol. The van der Waals surface area contributed by atoms with E-state index < -0.39 is 0 Å². The number of ether oxygens (including phenoxy) is 2. The molecular weight excluding hydrogens is 314 g/mol. The van der Waals surface area contributed by atoms with Crippen LogP contribution in [0.15, 0.2) is 48.5 Å². The second-order valence-corrected chi connectivity index (χ2v) is 6.11. The van der Waals surface area contributed by atoms with Crippen LogP contribution in [0.1, 0.15) is 30.5 Å². The molecule has 0 atom stereocenters. The third-order valence-electron chi connectivity index (χ3n) is 3.56. The summed E-state index contributed by atoms with van der Waals surface area (Å²) in [4.78, 5) is 12.0. The van der Waals surface area contributed by atoms with Crippen LogP contribution in [-0.4, -0.2) is 19.1 Å². The third-order valence-corrected chi connectivity index (χ3v) is 3.56. The van der Waals surface area contributed by atoms with Gasteiger partial charge in [0.25, 0.3) is 0 Å². The molecule has 25 heavy (non-hydrogen) atoms. The Balaban J connectivity index is 1.93. The van der Waals surface area contributed by atoms with Crippen molar-refractivity contribution in [1.29, 1.82) is 0 Å². The maximum Gasteiger partial charge on any atom is 0.244 e. The molecule has 0 radical (unpaired) electrons. The summed E-state index contributed by atoms with van der Waals surface area (Å²) in [6, 6.07) is 13.7. The summed E-state index contributed by atoms with van der Waals surface area (Å²) in [5.41, 5.74) is 3.14. The Morgan fingerprint density at radius 1 is 1.12 bits per heavy atom. The molecule has 0 bridgehead atoms. The zero-order valence-electron chi connectivity index (χ0n) is 15.2. The number of carbonyl (C=O) groups excluding carboxylic acids is 1. The monoisotopic (exact) mass is 339 g/mol. The molecular formula is C21H25NO3. The van der Waals surface area contributed by atoms with Gasteiger partial charge >= 0.3 is 0 Å². The fraction of sp³-hybridized carbons (Fsp3) is 0.286. The summed E-state index contributed by atoms with van der Waals surface area (Å²) < 4.78 is 11.0. The normalized spacial score (nSPS) is 10.9. The summed E-state index contributed by atoms with van der Waals surface area (Å²) in [6.07, 6.45) is 3.42. The lowest BCUT2D eigenvalue weighted by atomic mass is 10.1. The summed E-state index contributed by atoms with van der Waals surface area (Å²) in [7, 11) is 1.61. The molecule has 0 aliphatic heterocycles. The van der Waals surface area contributed by atoms with Gasteiger partial charge in [0.15, 0.2) is 11.5 Å². The average Bonchev–Trinajstić information content (AvgIpc) is 2.60. The molecule has 2 aromatic carbocycles. The maximum atomic E-state index is 12.0. The Labute approximate surface area is 149 Å².